The van der Waals surface area contributed by atoms with Crippen molar-refractivity contribution >= 4 is 5.69 Å². The largest absolute Gasteiger partial charge is 0.371 e. The van der Waals surface area contributed by atoms with E-state index in [0.29, 0.717) is 0 Å². The molecule has 1 aliphatic heterocycles. The van der Waals surface area contributed by atoms with Crippen molar-refractivity contribution in [1.82, 2.24) is 4.98 Å². The molecule has 1 fully saturated rings. The molecule has 1 aromatic heterocycles. The lowest BCUT2D eigenvalue weighted by atomic mass is 10.0. The summed E-state index contributed by atoms with van der Waals surface area (Å²) in [5, 5.41) is 0. The molecular weight excluding hydrogens is 184 g/mol. The van der Waals surface area contributed by atoms with E-state index < -0.39 is 0 Å². The number of aromatic nitrogens is 1. The van der Waals surface area contributed by atoms with Gasteiger partial charge in [-0.05, 0) is 44.2 Å². The first kappa shape index (κ1) is 10.5. The highest BCUT2D eigenvalue weighted by atomic mass is 15.1. The Balaban J connectivity index is 2.09. The predicted molar refractivity (Wildman–Crippen MR) is 64.2 cm³/mol. The third kappa shape index (κ3) is 2.71. The lowest BCUT2D eigenvalue weighted by molar-refractivity contribution is 0.521. The smallest absolute Gasteiger partial charge is 0.0399 e. The predicted octanol–water partition coefficient (Wildman–Crippen LogP) is 3.02. The molecule has 0 spiro atoms. The minimum atomic E-state index is 0.887. The topological polar surface area (TPSA) is 16.1 Å². The molecule has 0 aromatic carbocycles. The fourth-order valence-electron chi connectivity index (χ4n) is 2.25. The Labute approximate surface area is 92.3 Å². The molecule has 1 aromatic rings. The van der Waals surface area contributed by atoms with Crippen LogP contribution in [0.1, 0.15) is 31.9 Å². The molecule has 15 heavy (non-hydrogen) atoms. The Kier molecular flexibility index (Phi) is 3.24. The number of nitrogens with zero attached hydrogens (tertiary/aromatic N) is 2. The van der Waals surface area contributed by atoms with Crippen LogP contribution in [0.5, 0.6) is 0 Å². The number of hydrogen-bond donors (Lipinski definition) is 0. The van der Waals surface area contributed by atoms with E-state index >= 15 is 0 Å². The van der Waals surface area contributed by atoms with E-state index in [1.165, 1.54) is 38.0 Å². The van der Waals surface area contributed by atoms with E-state index in [0.717, 1.165) is 11.6 Å². The van der Waals surface area contributed by atoms with Crippen LogP contribution in [0, 0.1) is 12.8 Å². The molecule has 0 radical (unpaired) electrons. The van der Waals surface area contributed by atoms with Crippen molar-refractivity contribution in [3.05, 3.63) is 24.0 Å². The summed E-state index contributed by atoms with van der Waals surface area (Å²) in [5.41, 5.74) is 2.46. The highest BCUT2D eigenvalue weighted by molar-refractivity contribution is 5.46. The molecule has 2 heteroatoms. The van der Waals surface area contributed by atoms with Crippen LogP contribution >= 0.6 is 0 Å². The molecule has 2 heterocycles. The molecule has 2 nitrogen and oxygen atoms in total. The van der Waals surface area contributed by atoms with Gasteiger partial charge in [0, 0.05) is 30.7 Å². The molecule has 0 amide bonds. The van der Waals surface area contributed by atoms with Gasteiger partial charge in [-0.15, -0.1) is 0 Å². The fourth-order valence-corrected chi connectivity index (χ4v) is 2.25. The second kappa shape index (κ2) is 4.65. The summed E-state index contributed by atoms with van der Waals surface area (Å²) in [6, 6.07) is 4.32. The highest BCUT2D eigenvalue weighted by Gasteiger charge is 2.13. The molecule has 1 aliphatic rings. The van der Waals surface area contributed by atoms with Crippen LogP contribution in [-0.4, -0.2) is 18.1 Å². The second-order valence-electron chi connectivity index (χ2n) is 4.68. The number of anilines is 1. The lowest BCUT2D eigenvalue weighted by Crippen LogP contribution is -2.24. The van der Waals surface area contributed by atoms with Gasteiger partial charge in [0.1, 0.15) is 0 Å². The molecule has 0 bridgehead atoms. The molecule has 0 aliphatic carbocycles. The van der Waals surface area contributed by atoms with Crippen molar-refractivity contribution in [3.63, 3.8) is 0 Å². The van der Waals surface area contributed by atoms with E-state index in [1.807, 2.05) is 6.20 Å². The first-order valence-electron chi connectivity index (χ1n) is 5.93. The summed E-state index contributed by atoms with van der Waals surface area (Å²) < 4.78 is 0. The van der Waals surface area contributed by atoms with Crippen molar-refractivity contribution in [2.75, 3.05) is 18.0 Å². The van der Waals surface area contributed by atoms with Gasteiger partial charge in [-0.25, -0.2) is 0 Å². The van der Waals surface area contributed by atoms with Gasteiger partial charge >= 0.3 is 0 Å². The van der Waals surface area contributed by atoms with Crippen molar-refractivity contribution in [1.29, 1.82) is 0 Å². The number of pyridine rings is 1. The minimum absolute atomic E-state index is 0.887. The molecule has 82 valence electrons. The number of aryl methyl sites for hydroxylation is 1. The van der Waals surface area contributed by atoms with Gasteiger partial charge in [0.05, 0.1) is 0 Å². The van der Waals surface area contributed by atoms with E-state index in [9.17, 15) is 0 Å². The van der Waals surface area contributed by atoms with Crippen LogP contribution in [0.3, 0.4) is 0 Å². The zero-order valence-electron chi connectivity index (χ0n) is 9.74. The van der Waals surface area contributed by atoms with E-state index in [4.69, 9.17) is 0 Å². The van der Waals surface area contributed by atoms with Crippen molar-refractivity contribution in [2.45, 2.75) is 33.1 Å². The van der Waals surface area contributed by atoms with Crippen molar-refractivity contribution < 1.29 is 0 Å². The third-order valence-corrected chi connectivity index (χ3v) is 3.26. The maximum Gasteiger partial charge on any atom is 0.0399 e. The molecule has 2 rings (SSSR count). The molecule has 1 atom stereocenters. The number of rotatable bonds is 1. The van der Waals surface area contributed by atoms with Crippen LogP contribution in [0.2, 0.25) is 0 Å². The van der Waals surface area contributed by atoms with Crippen LogP contribution < -0.4 is 4.90 Å². The Morgan fingerprint density at radius 1 is 1.33 bits per heavy atom. The van der Waals surface area contributed by atoms with Crippen LogP contribution in [0.4, 0.5) is 5.69 Å². The van der Waals surface area contributed by atoms with Gasteiger partial charge in [0.2, 0.25) is 0 Å². The highest BCUT2D eigenvalue weighted by Crippen LogP contribution is 2.22. The Bertz CT molecular complexity index is 322. The maximum absolute atomic E-state index is 4.25. The zero-order chi connectivity index (χ0) is 10.7. The monoisotopic (exact) mass is 204 g/mol. The zero-order valence-corrected chi connectivity index (χ0v) is 9.74. The summed E-state index contributed by atoms with van der Waals surface area (Å²) in [7, 11) is 0. The van der Waals surface area contributed by atoms with Gasteiger partial charge in [-0.2, -0.15) is 0 Å². The van der Waals surface area contributed by atoms with Gasteiger partial charge in [-0.1, -0.05) is 6.92 Å². The van der Waals surface area contributed by atoms with Crippen LogP contribution in [0.25, 0.3) is 0 Å². The van der Waals surface area contributed by atoms with E-state index in [1.54, 1.807) is 0 Å². The summed E-state index contributed by atoms with van der Waals surface area (Å²) in [5.74, 6) is 0.887. The van der Waals surface area contributed by atoms with E-state index in [2.05, 4.69) is 35.9 Å². The minimum Gasteiger partial charge on any atom is -0.371 e. The van der Waals surface area contributed by atoms with Gasteiger partial charge in [0.15, 0.2) is 0 Å². The van der Waals surface area contributed by atoms with Gasteiger partial charge in [-0.3, -0.25) is 4.98 Å². The SMILES string of the molecule is Cc1cc(N2CCCC(C)CC2)ccn1. The third-order valence-electron chi connectivity index (χ3n) is 3.26. The molecule has 1 unspecified atom stereocenters. The number of hydrogen-bond acceptors (Lipinski definition) is 2. The van der Waals surface area contributed by atoms with Crippen molar-refractivity contribution in [3.8, 4) is 0 Å². The summed E-state index contributed by atoms with van der Waals surface area (Å²) >= 11 is 0. The normalized spacial score (nSPS) is 22.5. The lowest BCUT2D eigenvalue weighted by Gasteiger charge is -2.22. The molecule has 1 saturated heterocycles. The second-order valence-corrected chi connectivity index (χ2v) is 4.68. The van der Waals surface area contributed by atoms with Gasteiger partial charge in [0.25, 0.3) is 0 Å². The van der Waals surface area contributed by atoms with Crippen molar-refractivity contribution in [2.24, 2.45) is 5.92 Å². The average Bonchev–Trinajstić information content (AvgIpc) is 2.43. The summed E-state index contributed by atoms with van der Waals surface area (Å²) in [6.45, 7) is 6.82. The maximum atomic E-state index is 4.25. The molecule has 0 N–H and O–H groups in total. The fraction of sp³-hybridized carbons (Fsp3) is 0.615. The molecule has 0 saturated carbocycles. The molecular formula is C13H20N2. The van der Waals surface area contributed by atoms with Gasteiger partial charge < -0.3 is 4.90 Å². The Morgan fingerprint density at radius 3 is 3.00 bits per heavy atom. The summed E-state index contributed by atoms with van der Waals surface area (Å²) in [4.78, 5) is 6.74. The quantitative estimate of drug-likeness (QED) is 0.699. The Morgan fingerprint density at radius 2 is 2.20 bits per heavy atom. The average molecular weight is 204 g/mol. The van der Waals surface area contributed by atoms with Crippen LogP contribution in [0.15, 0.2) is 18.3 Å². The first-order valence-corrected chi connectivity index (χ1v) is 5.93. The van der Waals surface area contributed by atoms with E-state index in [-0.39, 0.29) is 0 Å². The first-order chi connectivity index (χ1) is 7.25. The Hall–Kier alpha value is -1.05. The standard InChI is InChI=1S/C13H20N2/c1-11-4-3-8-15(9-6-11)13-5-7-14-12(2)10-13/h5,7,10-11H,3-4,6,8-9H2,1-2H3. The summed E-state index contributed by atoms with van der Waals surface area (Å²) in [6.07, 6.45) is 5.93. The van der Waals surface area contributed by atoms with Crippen LogP contribution in [-0.2, 0) is 0 Å².